The molecule has 4 rings (SSSR count). The fourth-order valence-electron chi connectivity index (χ4n) is 2.94. The van der Waals surface area contributed by atoms with Crippen LogP contribution in [0.5, 0.6) is 0 Å². The molecule has 0 aliphatic rings. The summed E-state index contributed by atoms with van der Waals surface area (Å²) in [5, 5.41) is 0.736. The number of rotatable bonds is 4. The number of pyridine rings is 1. The summed E-state index contributed by atoms with van der Waals surface area (Å²) >= 11 is 4.84. The number of esters is 1. The molecule has 7 heteroatoms. The van der Waals surface area contributed by atoms with Crippen LogP contribution in [0.2, 0.25) is 0 Å². The summed E-state index contributed by atoms with van der Waals surface area (Å²) in [7, 11) is 0. The molecule has 0 amide bonds. The molecule has 0 saturated heterocycles. The fraction of sp³-hybridized carbons (Fsp3) is 0.150. The van der Waals surface area contributed by atoms with Gasteiger partial charge in [-0.1, -0.05) is 30.3 Å². The van der Waals surface area contributed by atoms with Crippen LogP contribution in [-0.4, -0.2) is 26.9 Å². The van der Waals surface area contributed by atoms with Gasteiger partial charge in [0.15, 0.2) is 0 Å². The molecule has 3 aromatic heterocycles. The third kappa shape index (κ3) is 3.28. The van der Waals surface area contributed by atoms with Crippen molar-refractivity contribution in [1.82, 2.24) is 14.4 Å². The van der Waals surface area contributed by atoms with Gasteiger partial charge < -0.3 is 4.74 Å². The number of fused-ring (bicyclic) bond motifs is 1. The van der Waals surface area contributed by atoms with Crippen LogP contribution in [0.1, 0.15) is 22.3 Å². The van der Waals surface area contributed by atoms with Gasteiger partial charge in [-0.05, 0) is 41.9 Å². The van der Waals surface area contributed by atoms with Gasteiger partial charge in [-0.15, -0.1) is 11.3 Å². The highest BCUT2D eigenvalue weighted by atomic mass is 79.9. The molecule has 0 atom stereocenters. The van der Waals surface area contributed by atoms with Crippen LogP contribution in [0.4, 0.5) is 0 Å². The molecule has 0 saturated carbocycles. The lowest BCUT2D eigenvalue weighted by atomic mass is 10.1. The van der Waals surface area contributed by atoms with Crippen LogP contribution in [0.25, 0.3) is 27.6 Å². The van der Waals surface area contributed by atoms with Gasteiger partial charge in [-0.3, -0.25) is 4.40 Å². The first-order chi connectivity index (χ1) is 13.1. The standard InChI is InChI=1S/C20H16BrN3O2S/c1-3-26-20(25)18-16(13-7-5-4-6-8-13)23-19(27-18)17-12(2)22-15-10-9-14(21)11-24(15)17/h4-11H,3H2,1-2H3. The molecule has 0 radical (unpaired) electrons. The maximum absolute atomic E-state index is 12.5. The van der Waals surface area contributed by atoms with E-state index in [2.05, 4.69) is 20.9 Å². The summed E-state index contributed by atoms with van der Waals surface area (Å²) in [6.45, 7) is 4.07. The predicted octanol–water partition coefficient (Wildman–Crippen LogP) is 5.37. The first kappa shape index (κ1) is 17.9. The highest BCUT2D eigenvalue weighted by molar-refractivity contribution is 9.10. The smallest absolute Gasteiger partial charge is 0.350 e. The first-order valence-electron chi connectivity index (χ1n) is 8.46. The van der Waals surface area contributed by atoms with Gasteiger partial charge in [-0.2, -0.15) is 0 Å². The topological polar surface area (TPSA) is 56.5 Å². The van der Waals surface area contributed by atoms with Gasteiger partial charge in [0.1, 0.15) is 21.2 Å². The lowest BCUT2D eigenvalue weighted by Crippen LogP contribution is -2.03. The van der Waals surface area contributed by atoms with E-state index in [9.17, 15) is 4.79 Å². The zero-order valence-electron chi connectivity index (χ0n) is 14.8. The number of nitrogens with zero attached hydrogens (tertiary/aromatic N) is 3. The number of ether oxygens (including phenoxy) is 1. The molecular formula is C20H16BrN3O2S. The number of hydrogen-bond donors (Lipinski definition) is 0. The molecular weight excluding hydrogens is 426 g/mol. The van der Waals surface area contributed by atoms with Crippen molar-refractivity contribution in [1.29, 1.82) is 0 Å². The van der Waals surface area contributed by atoms with Gasteiger partial charge in [0, 0.05) is 16.2 Å². The lowest BCUT2D eigenvalue weighted by molar-refractivity contribution is 0.0532. The van der Waals surface area contributed by atoms with E-state index in [4.69, 9.17) is 9.72 Å². The zero-order chi connectivity index (χ0) is 19.0. The molecule has 136 valence electrons. The van der Waals surface area contributed by atoms with E-state index >= 15 is 0 Å². The molecule has 0 fully saturated rings. The van der Waals surface area contributed by atoms with Gasteiger partial charge in [0.2, 0.25) is 0 Å². The third-order valence-corrected chi connectivity index (χ3v) is 5.61. The van der Waals surface area contributed by atoms with Crippen LogP contribution in [0.15, 0.2) is 53.1 Å². The van der Waals surface area contributed by atoms with E-state index < -0.39 is 0 Å². The van der Waals surface area contributed by atoms with Crippen molar-refractivity contribution in [3.05, 3.63) is 63.7 Å². The van der Waals surface area contributed by atoms with Crippen molar-refractivity contribution in [2.75, 3.05) is 6.61 Å². The average molecular weight is 442 g/mol. The normalized spacial score (nSPS) is 11.1. The maximum Gasteiger partial charge on any atom is 0.350 e. The number of carbonyl (C=O) groups excluding carboxylic acids is 1. The Labute approximate surface area is 168 Å². The van der Waals surface area contributed by atoms with Crippen LogP contribution in [0.3, 0.4) is 0 Å². The second kappa shape index (κ2) is 7.25. The van der Waals surface area contributed by atoms with Crippen LogP contribution >= 0.6 is 27.3 Å². The molecule has 1 aromatic carbocycles. The molecule has 0 aliphatic heterocycles. The van der Waals surface area contributed by atoms with Gasteiger partial charge in [-0.25, -0.2) is 14.8 Å². The first-order valence-corrected chi connectivity index (χ1v) is 10.1. The Morgan fingerprint density at radius 1 is 1.19 bits per heavy atom. The van der Waals surface area contributed by atoms with E-state index in [1.165, 1.54) is 11.3 Å². The summed E-state index contributed by atoms with van der Waals surface area (Å²) < 4.78 is 8.19. The second-order valence-electron chi connectivity index (χ2n) is 5.90. The van der Waals surface area contributed by atoms with Crippen molar-refractivity contribution >= 4 is 38.9 Å². The van der Waals surface area contributed by atoms with E-state index in [1.807, 2.05) is 60.0 Å². The van der Waals surface area contributed by atoms with Gasteiger partial charge in [0.25, 0.3) is 0 Å². The number of thiazole rings is 1. The summed E-state index contributed by atoms with van der Waals surface area (Å²) in [5.41, 5.74) is 4.09. The van der Waals surface area contributed by atoms with E-state index in [1.54, 1.807) is 6.92 Å². The van der Waals surface area contributed by atoms with Crippen molar-refractivity contribution < 1.29 is 9.53 Å². The molecule has 4 aromatic rings. The van der Waals surface area contributed by atoms with Crippen molar-refractivity contribution in [3.63, 3.8) is 0 Å². The van der Waals surface area contributed by atoms with E-state index in [0.717, 1.165) is 32.1 Å². The fourth-order valence-corrected chi connectivity index (χ4v) is 4.35. The Balaban J connectivity index is 1.94. The molecule has 5 nitrogen and oxygen atoms in total. The minimum absolute atomic E-state index is 0.321. The predicted molar refractivity (Wildman–Crippen MR) is 110 cm³/mol. The molecule has 0 spiro atoms. The number of imidazole rings is 1. The van der Waals surface area contributed by atoms with Crippen molar-refractivity contribution in [3.8, 4) is 22.0 Å². The van der Waals surface area contributed by atoms with E-state index in [-0.39, 0.29) is 5.97 Å². The average Bonchev–Trinajstić information content (AvgIpc) is 3.23. The number of carbonyl (C=O) groups is 1. The van der Waals surface area contributed by atoms with Crippen LogP contribution in [0, 0.1) is 6.92 Å². The monoisotopic (exact) mass is 441 g/mol. The Hall–Kier alpha value is -2.51. The Kier molecular flexibility index (Phi) is 4.80. The molecule has 0 N–H and O–H groups in total. The zero-order valence-corrected chi connectivity index (χ0v) is 17.2. The highest BCUT2D eigenvalue weighted by Crippen LogP contribution is 2.36. The maximum atomic E-state index is 12.5. The quantitative estimate of drug-likeness (QED) is 0.399. The summed E-state index contributed by atoms with van der Waals surface area (Å²) in [4.78, 5) is 22.5. The van der Waals surface area contributed by atoms with Crippen LogP contribution < -0.4 is 0 Å². The van der Waals surface area contributed by atoms with E-state index in [0.29, 0.717) is 17.2 Å². The Morgan fingerprint density at radius 3 is 2.70 bits per heavy atom. The van der Waals surface area contributed by atoms with Crippen molar-refractivity contribution in [2.45, 2.75) is 13.8 Å². The van der Waals surface area contributed by atoms with Gasteiger partial charge in [0.05, 0.1) is 18.0 Å². The molecule has 27 heavy (non-hydrogen) atoms. The minimum atomic E-state index is -0.354. The Bertz CT molecular complexity index is 1140. The Morgan fingerprint density at radius 2 is 1.96 bits per heavy atom. The number of aryl methyl sites for hydroxylation is 1. The molecule has 0 unspecified atom stereocenters. The molecule has 3 heterocycles. The van der Waals surface area contributed by atoms with Crippen LogP contribution in [-0.2, 0) is 4.74 Å². The number of aromatic nitrogens is 3. The summed E-state index contributed by atoms with van der Waals surface area (Å²) in [6.07, 6.45) is 1.96. The SMILES string of the molecule is CCOC(=O)c1sc(-c2c(C)nc3ccc(Br)cn23)nc1-c1ccccc1. The summed E-state index contributed by atoms with van der Waals surface area (Å²) in [6, 6.07) is 13.6. The van der Waals surface area contributed by atoms with Gasteiger partial charge >= 0.3 is 5.97 Å². The molecule has 0 bridgehead atoms. The summed E-state index contributed by atoms with van der Waals surface area (Å²) in [5.74, 6) is -0.354. The largest absolute Gasteiger partial charge is 0.462 e. The number of benzene rings is 1. The van der Waals surface area contributed by atoms with Crippen molar-refractivity contribution in [2.24, 2.45) is 0 Å². The number of halogens is 1. The third-order valence-electron chi connectivity index (χ3n) is 4.09. The number of hydrogen-bond acceptors (Lipinski definition) is 5. The molecule has 0 aliphatic carbocycles. The highest BCUT2D eigenvalue weighted by Gasteiger charge is 2.24. The lowest BCUT2D eigenvalue weighted by Gasteiger charge is -2.01. The minimum Gasteiger partial charge on any atom is -0.462 e. The second-order valence-corrected chi connectivity index (χ2v) is 7.82.